The highest BCUT2D eigenvalue weighted by atomic mass is 35.5. The van der Waals surface area contributed by atoms with Gasteiger partial charge in [-0.3, -0.25) is 13.9 Å². The monoisotopic (exact) mass is 541 g/mol. The molecule has 9 heteroatoms. The minimum Gasteiger partial charge on any atom is -0.354 e. The highest BCUT2D eigenvalue weighted by molar-refractivity contribution is 7.93. The molecule has 0 saturated heterocycles. The number of amides is 2. The number of nitrogens with zero attached hydrogens (tertiary/aromatic N) is 2. The topological polar surface area (TPSA) is 86.8 Å². The molecule has 1 unspecified atom stereocenters. The number of sulfonamides is 1. The van der Waals surface area contributed by atoms with Crippen molar-refractivity contribution in [3.63, 3.8) is 0 Å². The molecule has 0 saturated carbocycles. The van der Waals surface area contributed by atoms with E-state index in [9.17, 15) is 18.0 Å². The van der Waals surface area contributed by atoms with Crippen LogP contribution in [0.2, 0.25) is 5.02 Å². The number of hydrogen-bond acceptors (Lipinski definition) is 4. The Balaban J connectivity index is 1.48. The third kappa shape index (κ3) is 5.60. The van der Waals surface area contributed by atoms with Crippen LogP contribution < -0.4 is 9.62 Å². The molecule has 1 heterocycles. The normalized spacial score (nSPS) is 14.5. The van der Waals surface area contributed by atoms with Crippen LogP contribution in [0.25, 0.3) is 10.8 Å². The molecular formula is C28H32ClN3O4S. The number of carbonyl (C=O) groups is 2. The van der Waals surface area contributed by atoms with E-state index in [1.165, 1.54) is 9.21 Å². The maximum Gasteiger partial charge on any atom is 0.265 e. The summed E-state index contributed by atoms with van der Waals surface area (Å²) in [5.74, 6) is -0.455. The van der Waals surface area contributed by atoms with E-state index in [1.807, 2.05) is 43.3 Å². The van der Waals surface area contributed by atoms with E-state index in [0.29, 0.717) is 34.0 Å². The summed E-state index contributed by atoms with van der Waals surface area (Å²) in [6.45, 7) is 4.65. The van der Waals surface area contributed by atoms with Crippen LogP contribution in [-0.2, 0) is 26.2 Å². The van der Waals surface area contributed by atoms with Crippen molar-refractivity contribution < 1.29 is 18.0 Å². The molecule has 0 spiro atoms. The summed E-state index contributed by atoms with van der Waals surface area (Å²) in [5, 5.41) is 5.00. The number of benzene rings is 3. The smallest absolute Gasteiger partial charge is 0.265 e. The second-order valence-electron chi connectivity index (χ2n) is 9.25. The molecule has 0 fully saturated rings. The third-order valence-corrected chi connectivity index (χ3v) is 8.95. The van der Waals surface area contributed by atoms with E-state index < -0.39 is 16.1 Å². The molecule has 1 N–H and O–H groups in total. The molecule has 1 aliphatic heterocycles. The van der Waals surface area contributed by atoms with E-state index in [0.717, 1.165) is 23.8 Å². The minimum absolute atomic E-state index is 0.0926. The Morgan fingerprint density at radius 2 is 1.76 bits per heavy atom. The lowest BCUT2D eigenvalue weighted by Crippen LogP contribution is -2.48. The zero-order chi connectivity index (χ0) is 26.6. The fourth-order valence-corrected chi connectivity index (χ4v) is 6.59. The molecule has 37 heavy (non-hydrogen) atoms. The van der Waals surface area contributed by atoms with Crippen LogP contribution in [0.1, 0.15) is 45.1 Å². The summed E-state index contributed by atoms with van der Waals surface area (Å²) in [6.07, 6.45) is 2.21. The summed E-state index contributed by atoms with van der Waals surface area (Å²) >= 11 is 6.35. The van der Waals surface area contributed by atoms with E-state index in [-0.39, 0.29) is 31.3 Å². The lowest BCUT2D eigenvalue weighted by molar-refractivity contribution is -0.140. The zero-order valence-electron chi connectivity index (χ0n) is 21.1. The molecule has 3 aromatic rings. The van der Waals surface area contributed by atoms with Gasteiger partial charge in [0.1, 0.15) is 6.04 Å². The van der Waals surface area contributed by atoms with Gasteiger partial charge in [-0.15, -0.1) is 0 Å². The second-order valence-corrected chi connectivity index (χ2v) is 11.5. The average Bonchev–Trinajstić information content (AvgIpc) is 3.11. The summed E-state index contributed by atoms with van der Waals surface area (Å²) in [5.41, 5.74) is 1.38. The van der Waals surface area contributed by atoms with Gasteiger partial charge >= 0.3 is 0 Å². The number of hydrogen-bond donors (Lipinski definition) is 1. The van der Waals surface area contributed by atoms with Crippen molar-refractivity contribution in [3.05, 3.63) is 71.2 Å². The van der Waals surface area contributed by atoms with Gasteiger partial charge in [-0.25, -0.2) is 8.42 Å². The van der Waals surface area contributed by atoms with Gasteiger partial charge < -0.3 is 10.2 Å². The van der Waals surface area contributed by atoms with Gasteiger partial charge in [0, 0.05) is 36.5 Å². The molecule has 1 atom stereocenters. The number of nitrogens with one attached hydrogen (secondary N) is 1. The number of halogens is 1. The predicted octanol–water partition coefficient (Wildman–Crippen LogP) is 5.12. The van der Waals surface area contributed by atoms with Crippen molar-refractivity contribution in [3.8, 4) is 0 Å². The largest absolute Gasteiger partial charge is 0.354 e. The van der Waals surface area contributed by atoms with Crippen molar-refractivity contribution >= 4 is 49.9 Å². The van der Waals surface area contributed by atoms with Crippen LogP contribution in [0.15, 0.2) is 65.6 Å². The highest BCUT2D eigenvalue weighted by Gasteiger charge is 2.35. The summed E-state index contributed by atoms with van der Waals surface area (Å²) in [4.78, 5) is 28.0. The SMILES string of the molecule is CCCCNC(=O)C(C)N(Cc1ccccc1Cl)C(=O)CCCN1c2cccc3cccc(c23)S1(=O)=O. The lowest BCUT2D eigenvalue weighted by Gasteiger charge is -2.29. The Morgan fingerprint density at radius 1 is 1.03 bits per heavy atom. The molecule has 3 aromatic carbocycles. The summed E-state index contributed by atoms with van der Waals surface area (Å²) < 4.78 is 27.9. The first-order valence-electron chi connectivity index (χ1n) is 12.6. The first-order valence-corrected chi connectivity index (χ1v) is 14.4. The van der Waals surface area contributed by atoms with Crippen LogP contribution in [0, 0.1) is 0 Å². The van der Waals surface area contributed by atoms with Crippen LogP contribution >= 0.6 is 11.6 Å². The van der Waals surface area contributed by atoms with Gasteiger partial charge in [-0.2, -0.15) is 0 Å². The number of unbranched alkanes of at least 4 members (excludes halogenated alkanes) is 1. The molecule has 7 nitrogen and oxygen atoms in total. The molecule has 1 aliphatic rings. The quantitative estimate of drug-likeness (QED) is 0.341. The van der Waals surface area contributed by atoms with E-state index >= 15 is 0 Å². The molecule has 2 amide bonds. The Hall–Kier alpha value is -3.10. The van der Waals surface area contributed by atoms with Crippen molar-refractivity contribution in [1.29, 1.82) is 0 Å². The predicted molar refractivity (Wildman–Crippen MR) is 147 cm³/mol. The van der Waals surface area contributed by atoms with Crippen LogP contribution in [0.5, 0.6) is 0 Å². The Morgan fingerprint density at radius 3 is 2.49 bits per heavy atom. The second kappa shape index (κ2) is 11.5. The Bertz CT molecular complexity index is 1400. The van der Waals surface area contributed by atoms with Gasteiger partial charge in [0.25, 0.3) is 10.0 Å². The molecule has 196 valence electrons. The molecule has 0 aliphatic carbocycles. The molecule has 4 rings (SSSR count). The maximum atomic E-state index is 13.4. The van der Waals surface area contributed by atoms with Crippen LogP contribution in [-0.4, -0.2) is 44.3 Å². The van der Waals surface area contributed by atoms with Crippen molar-refractivity contribution in [2.75, 3.05) is 17.4 Å². The average molecular weight is 542 g/mol. The molecule has 0 bridgehead atoms. The van der Waals surface area contributed by atoms with Crippen LogP contribution in [0.4, 0.5) is 5.69 Å². The third-order valence-electron chi connectivity index (χ3n) is 6.73. The summed E-state index contributed by atoms with van der Waals surface area (Å²) in [7, 11) is -3.69. The molecule has 0 aromatic heterocycles. The van der Waals surface area contributed by atoms with E-state index in [4.69, 9.17) is 11.6 Å². The Labute approximate surface area is 223 Å². The highest BCUT2D eigenvalue weighted by Crippen LogP contribution is 2.42. The summed E-state index contributed by atoms with van der Waals surface area (Å²) in [6, 6.07) is 17.3. The first kappa shape index (κ1) is 26.9. The molecular weight excluding hydrogens is 510 g/mol. The zero-order valence-corrected chi connectivity index (χ0v) is 22.7. The lowest BCUT2D eigenvalue weighted by atomic mass is 10.1. The standard InChI is InChI=1S/C28H32ClN3O4S/c1-3-4-17-30-28(34)20(2)31(19-22-10-5-6-13-23(22)29)26(33)16-9-18-32-24-14-7-11-21-12-8-15-25(27(21)24)37(32,35)36/h5-8,10-15,20H,3-4,9,16-19H2,1-2H3,(H,30,34). The first-order chi connectivity index (χ1) is 17.8. The van der Waals surface area contributed by atoms with E-state index in [1.54, 1.807) is 31.2 Å². The van der Waals surface area contributed by atoms with Gasteiger partial charge in [-0.1, -0.05) is 67.4 Å². The van der Waals surface area contributed by atoms with Gasteiger partial charge in [-0.05, 0) is 48.9 Å². The van der Waals surface area contributed by atoms with Crippen LogP contribution in [0.3, 0.4) is 0 Å². The van der Waals surface area contributed by atoms with Crippen molar-refractivity contribution in [2.24, 2.45) is 0 Å². The van der Waals surface area contributed by atoms with E-state index in [2.05, 4.69) is 5.32 Å². The fourth-order valence-electron chi connectivity index (χ4n) is 4.65. The van der Waals surface area contributed by atoms with Gasteiger partial charge in [0.05, 0.1) is 10.6 Å². The minimum atomic E-state index is -3.69. The van der Waals surface area contributed by atoms with Crippen molar-refractivity contribution in [2.45, 2.75) is 57.0 Å². The fraction of sp³-hybridized carbons (Fsp3) is 0.357. The number of carbonyl (C=O) groups excluding carboxylic acids is 2. The maximum absolute atomic E-state index is 13.4. The number of rotatable bonds is 11. The van der Waals surface area contributed by atoms with Gasteiger partial charge in [0.15, 0.2) is 0 Å². The van der Waals surface area contributed by atoms with Gasteiger partial charge in [0.2, 0.25) is 11.8 Å². The number of anilines is 1. The van der Waals surface area contributed by atoms with Crippen molar-refractivity contribution in [1.82, 2.24) is 10.2 Å². The molecule has 0 radical (unpaired) electrons. The Kier molecular flexibility index (Phi) is 8.39.